The van der Waals surface area contributed by atoms with E-state index in [2.05, 4.69) is 23.7 Å². The van der Waals surface area contributed by atoms with Gasteiger partial charge < -0.3 is 14.1 Å². The van der Waals surface area contributed by atoms with Crippen molar-refractivity contribution in [2.24, 2.45) is 0 Å². The molecule has 0 fully saturated rings. The molecule has 0 unspecified atom stereocenters. The molecule has 1 aromatic heterocycles. The Hall–Kier alpha value is -2.30. The molecule has 30 heavy (non-hydrogen) atoms. The normalized spacial score (nSPS) is 11.7. The molecule has 0 bridgehead atoms. The molecule has 0 spiro atoms. The minimum Gasteiger partial charge on any atom is -0.491 e. The summed E-state index contributed by atoms with van der Waals surface area (Å²) in [5, 5.41) is 0.619. The van der Waals surface area contributed by atoms with Crippen LogP contribution >= 0.6 is 11.6 Å². The zero-order valence-electron chi connectivity index (χ0n) is 17.9. The third-order valence-corrected chi connectivity index (χ3v) is 5.21. The summed E-state index contributed by atoms with van der Waals surface area (Å²) in [7, 11) is 0. The molecule has 160 valence electrons. The molecular formula is C25H31ClN2O2. The van der Waals surface area contributed by atoms with E-state index in [1.54, 1.807) is 0 Å². The van der Waals surface area contributed by atoms with E-state index in [9.17, 15) is 0 Å². The Bertz CT molecular complexity index is 912. The number of fused-ring (bicyclic) bond motifs is 1. The second-order valence-electron chi connectivity index (χ2n) is 7.41. The quantitative estimate of drug-likeness (QED) is 0.294. The highest BCUT2D eigenvalue weighted by atomic mass is 35.5. The Kier molecular flexibility index (Phi) is 8.79. The molecular weight excluding hydrogens is 396 g/mol. The van der Waals surface area contributed by atoms with Crippen molar-refractivity contribution in [1.82, 2.24) is 9.88 Å². The van der Waals surface area contributed by atoms with Gasteiger partial charge in [-0.1, -0.05) is 49.7 Å². The third-order valence-electron chi connectivity index (χ3n) is 4.91. The molecule has 5 heteroatoms. The minimum atomic E-state index is 0.564. The summed E-state index contributed by atoms with van der Waals surface area (Å²) in [6, 6.07) is 13.5. The van der Waals surface area contributed by atoms with Crippen LogP contribution in [-0.2, 0) is 0 Å². The average molecular weight is 427 g/mol. The van der Waals surface area contributed by atoms with Crippen molar-refractivity contribution in [3.63, 3.8) is 0 Å². The first-order chi connectivity index (χ1) is 14.7. The van der Waals surface area contributed by atoms with E-state index in [-0.39, 0.29) is 0 Å². The number of unbranched alkanes of at least 4 members (excludes halogenated alkanes) is 1. The molecule has 0 aliphatic carbocycles. The summed E-state index contributed by atoms with van der Waals surface area (Å²) < 4.78 is 11.8. The Morgan fingerprint density at radius 3 is 2.53 bits per heavy atom. The predicted molar refractivity (Wildman–Crippen MR) is 126 cm³/mol. The van der Waals surface area contributed by atoms with Gasteiger partial charge in [-0.3, -0.25) is 0 Å². The second-order valence-corrected chi connectivity index (χ2v) is 7.82. The van der Waals surface area contributed by atoms with Crippen LogP contribution in [0.4, 0.5) is 0 Å². The summed E-state index contributed by atoms with van der Waals surface area (Å²) in [6.07, 6.45) is 8.32. The van der Waals surface area contributed by atoms with Gasteiger partial charge in [0.15, 0.2) is 5.58 Å². The molecule has 0 amide bonds. The lowest BCUT2D eigenvalue weighted by atomic mass is 10.2. The molecule has 3 aromatic rings. The minimum absolute atomic E-state index is 0.564. The maximum absolute atomic E-state index is 6.41. The number of oxazole rings is 1. The first kappa shape index (κ1) is 22.4. The highest BCUT2D eigenvalue weighted by Crippen LogP contribution is 2.30. The summed E-state index contributed by atoms with van der Waals surface area (Å²) >= 11 is 6.41. The van der Waals surface area contributed by atoms with Gasteiger partial charge in [0, 0.05) is 11.6 Å². The van der Waals surface area contributed by atoms with Gasteiger partial charge in [-0.05, 0) is 69.6 Å². The van der Waals surface area contributed by atoms with Gasteiger partial charge in [0.05, 0.1) is 11.6 Å². The third kappa shape index (κ3) is 6.35. The molecule has 3 rings (SSSR count). The fraction of sp³-hybridized carbons (Fsp3) is 0.400. The Morgan fingerprint density at radius 2 is 1.77 bits per heavy atom. The Balaban J connectivity index is 1.58. The number of ether oxygens (including phenoxy) is 1. The lowest BCUT2D eigenvalue weighted by Crippen LogP contribution is -2.26. The van der Waals surface area contributed by atoms with Crippen molar-refractivity contribution >= 4 is 34.9 Å². The van der Waals surface area contributed by atoms with Gasteiger partial charge in [0.2, 0.25) is 5.89 Å². The second kappa shape index (κ2) is 11.8. The monoisotopic (exact) mass is 426 g/mol. The van der Waals surface area contributed by atoms with Crippen molar-refractivity contribution in [2.45, 2.75) is 39.5 Å². The molecule has 0 saturated heterocycles. The van der Waals surface area contributed by atoms with Crippen LogP contribution in [0, 0.1) is 0 Å². The van der Waals surface area contributed by atoms with E-state index in [4.69, 9.17) is 20.8 Å². The number of para-hydroxylation sites is 3. The van der Waals surface area contributed by atoms with Crippen LogP contribution in [0.5, 0.6) is 5.75 Å². The maximum Gasteiger partial charge on any atom is 0.220 e. The van der Waals surface area contributed by atoms with Crippen molar-refractivity contribution in [2.75, 3.05) is 26.2 Å². The number of nitrogens with zero attached hydrogens (tertiary/aromatic N) is 2. The smallest absolute Gasteiger partial charge is 0.220 e. The maximum atomic E-state index is 6.41. The van der Waals surface area contributed by atoms with Crippen molar-refractivity contribution in [3.05, 3.63) is 58.9 Å². The molecule has 0 atom stereocenters. The van der Waals surface area contributed by atoms with Crippen LogP contribution in [0.1, 0.15) is 51.0 Å². The summed E-state index contributed by atoms with van der Waals surface area (Å²) in [6.45, 7) is 8.59. The summed E-state index contributed by atoms with van der Waals surface area (Å²) in [5.74, 6) is 1.28. The van der Waals surface area contributed by atoms with E-state index in [1.807, 2.05) is 54.6 Å². The Labute approximate surface area is 184 Å². The number of aromatic nitrogens is 1. The van der Waals surface area contributed by atoms with Crippen molar-refractivity contribution in [1.29, 1.82) is 0 Å². The van der Waals surface area contributed by atoms with Gasteiger partial charge in [-0.25, -0.2) is 4.98 Å². The number of rotatable bonds is 12. The largest absolute Gasteiger partial charge is 0.491 e. The molecule has 0 aliphatic heterocycles. The van der Waals surface area contributed by atoms with Crippen LogP contribution in [0.15, 0.2) is 46.9 Å². The van der Waals surface area contributed by atoms with Crippen LogP contribution in [0.3, 0.4) is 0 Å². The molecule has 0 saturated carbocycles. The van der Waals surface area contributed by atoms with Gasteiger partial charge in [-0.15, -0.1) is 0 Å². The number of hydrogen-bond donors (Lipinski definition) is 0. The van der Waals surface area contributed by atoms with E-state index in [1.165, 1.54) is 25.9 Å². The van der Waals surface area contributed by atoms with E-state index >= 15 is 0 Å². The van der Waals surface area contributed by atoms with Gasteiger partial charge in [-0.2, -0.15) is 0 Å². The van der Waals surface area contributed by atoms with Gasteiger partial charge in [0.25, 0.3) is 0 Å². The highest BCUT2D eigenvalue weighted by Gasteiger charge is 2.08. The first-order valence-corrected chi connectivity index (χ1v) is 11.3. The van der Waals surface area contributed by atoms with Crippen molar-refractivity contribution in [3.8, 4) is 5.75 Å². The van der Waals surface area contributed by atoms with E-state index in [0.29, 0.717) is 23.3 Å². The zero-order chi connectivity index (χ0) is 21.2. The molecule has 0 radical (unpaired) electrons. The predicted octanol–water partition coefficient (Wildman–Crippen LogP) is 6.93. The first-order valence-electron chi connectivity index (χ1n) is 10.9. The molecule has 0 aliphatic rings. The average Bonchev–Trinajstić information content (AvgIpc) is 3.16. The Morgan fingerprint density at radius 1 is 0.967 bits per heavy atom. The van der Waals surface area contributed by atoms with Crippen LogP contribution < -0.4 is 4.74 Å². The fourth-order valence-electron chi connectivity index (χ4n) is 3.51. The molecule has 1 heterocycles. The summed E-state index contributed by atoms with van der Waals surface area (Å²) in [4.78, 5) is 7.01. The number of benzene rings is 2. The van der Waals surface area contributed by atoms with Gasteiger partial charge in [0.1, 0.15) is 11.3 Å². The lowest BCUT2D eigenvalue weighted by molar-refractivity contribution is 0.250. The highest BCUT2D eigenvalue weighted by molar-refractivity contribution is 6.32. The standard InChI is InChI=1S/C25H31ClN2O2/c1-3-16-28(17-4-2)18-7-8-19-29-25-20(10-9-11-21(25)26)14-15-24-27-22-12-5-6-13-23(22)30-24/h5-6,9-15H,3-4,7-8,16-19H2,1-2H3/b15-14+. The van der Waals surface area contributed by atoms with Crippen LogP contribution in [-0.4, -0.2) is 36.1 Å². The van der Waals surface area contributed by atoms with Crippen molar-refractivity contribution < 1.29 is 9.15 Å². The van der Waals surface area contributed by atoms with Crippen LogP contribution in [0.25, 0.3) is 23.3 Å². The van der Waals surface area contributed by atoms with E-state index in [0.717, 1.165) is 36.0 Å². The number of hydrogen-bond acceptors (Lipinski definition) is 4. The number of halogens is 1. The topological polar surface area (TPSA) is 38.5 Å². The summed E-state index contributed by atoms with van der Waals surface area (Å²) in [5.41, 5.74) is 2.54. The fourth-order valence-corrected chi connectivity index (χ4v) is 3.75. The van der Waals surface area contributed by atoms with Crippen LogP contribution in [0.2, 0.25) is 5.02 Å². The zero-order valence-corrected chi connectivity index (χ0v) is 18.7. The molecule has 2 aromatic carbocycles. The lowest BCUT2D eigenvalue weighted by Gasteiger charge is -2.20. The molecule has 0 N–H and O–H groups in total. The SMILES string of the molecule is CCCN(CCC)CCCCOc1c(Cl)cccc1/C=C/c1nc2ccccc2o1. The molecule has 4 nitrogen and oxygen atoms in total. The van der Waals surface area contributed by atoms with E-state index < -0.39 is 0 Å². The van der Waals surface area contributed by atoms with Gasteiger partial charge >= 0.3 is 0 Å².